The van der Waals surface area contributed by atoms with Gasteiger partial charge in [-0.3, -0.25) is 0 Å². The van der Waals surface area contributed by atoms with Gasteiger partial charge in [-0.15, -0.1) is 0 Å². The van der Waals surface area contributed by atoms with Gasteiger partial charge < -0.3 is 4.90 Å². The average molecular weight is 341 g/mol. The standard InChI is InChI=1S/C21H44N2O/c1-3-5-7-9-11-13-15-17-20-23(21-18-22-24)19-16-14-12-10-8-6-4-2/h3-21H2,1-2H3. The number of nitroso groups, excluding NO2 is 1. The van der Waals surface area contributed by atoms with Gasteiger partial charge in [-0.2, -0.15) is 4.91 Å². The minimum atomic E-state index is 0.452. The number of nitrogens with zero attached hydrogens (tertiary/aromatic N) is 2. The predicted molar refractivity (Wildman–Crippen MR) is 108 cm³/mol. The minimum Gasteiger partial charge on any atom is -0.301 e. The molecule has 0 rings (SSSR count). The van der Waals surface area contributed by atoms with Gasteiger partial charge in [-0.25, -0.2) is 0 Å². The van der Waals surface area contributed by atoms with Gasteiger partial charge >= 0.3 is 0 Å². The lowest BCUT2D eigenvalue weighted by Gasteiger charge is -2.21. The summed E-state index contributed by atoms with van der Waals surface area (Å²) in [6.45, 7) is 8.15. The molecule has 0 radical (unpaired) electrons. The van der Waals surface area contributed by atoms with Gasteiger partial charge in [0.1, 0.15) is 0 Å². The lowest BCUT2D eigenvalue weighted by atomic mass is 10.1. The lowest BCUT2D eigenvalue weighted by Crippen LogP contribution is -2.28. The fourth-order valence-electron chi connectivity index (χ4n) is 3.28. The topological polar surface area (TPSA) is 32.7 Å². The summed E-state index contributed by atoms with van der Waals surface area (Å²) in [5, 5.41) is 3.05. The summed E-state index contributed by atoms with van der Waals surface area (Å²) in [7, 11) is 0. The molecule has 0 atom stereocenters. The summed E-state index contributed by atoms with van der Waals surface area (Å²) >= 11 is 0. The molecule has 0 saturated carbocycles. The molecular weight excluding hydrogens is 296 g/mol. The molecule has 0 N–H and O–H groups in total. The molecule has 0 aliphatic heterocycles. The fourth-order valence-corrected chi connectivity index (χ4v) is 3.28. The third kappa shape index (κ3) is 17.9. The molecule has 0 bridgehead atoms. The zero-order valence-electron chi connectivity index (χ0n) is 16.7. The number of rotatable bonds is 20. The Kier molecular flexibility index (Phi) is 20.2. The monoisotopic (exact) mass is 340 g/mol. The molecule has 144 valence electrons. The van der Waals surface area contributed by atoms with Crippen LogP contribution in [0.25, 0.3) is 0 Å². The maximum atomic E-state index is 10.4. The Balaban J connectivity index is 3.56. The summed E-state index contributed by atoms with van der Waals surface area (Å²) in [4.78, 5) is 12.9. The van der Waals surface area contributed by atoms with Crippen LogP contribution >= 0.6 is 0 Å². The van der Waals surface area contributed by atoms with E-state index in [2.05, 4.69) is 23.9 Å². The SMILES string of the molecule is CCCCCCCCCCN(CCCCCCCCC)CCN=O. The molecule has 0 aliphatic rings. The Bertz CT molecular complexity index is 246. The van der Waals surface area contributed by atoms with Crippen molar-refractivity contribution in [1.29, 1.82) is 0 Å². The molecule has 0 aromatic rings. The lowest BCUT2D eigenvalue weighted by molar-refractivity contribution is 0.267. The molecule has 0 fully saturated rings. The molecule has 0 aromatic heterocycles. The number of hydrogen-bond acceptors (Lipinski definition) is 3. The molecule has 3 nitrogen and oxygen atoms in total. The molecule has 0 unspecified atom stereocenters. The second-order valence-electron chi connectivity index (χ2n) is 7.29. The zero-order chi connectivity index (χ0) is 17.7. The molecule has 24 heavy (non-hydrogen) atoms. The highest BCUT2D eigenvalue weighted by Crippen LogP contribution is 2.10. The summed E-state index contributed by atoms with van der Waals surface area (Å²) < 4.78 is 0. The van der Waals surface area contributed by atoms with Crippen molar-refractivity contribution < 1.29 is 0 Å². The Morgan fingerprint density at radius 3 is 1.29 bits per heavy atom. The molecule has 0 aromatic carbocycles. The van der Waals surface area contributed by atoms with Crippen LogP contribution in [0.4, 0.5) is 0 Å². The Morgan fingerprint density at radius 2 is 0.917 bits per heavy atom. The van der Waals surface area contributed by atoms with E-state index in [1.807, 2.05) is 0 Å². The van der Waals surface area contributed by atoms with Gasteiger partial charge in [-0.05, 0) is 25.9 Å². The van der Waals surface area contributed by atoms with E-state index in [4.69, 9.17) is 0 Å². The fraction of sp³-hybridized carbons (Fsp3) is 1.00. The van der Waals surface area contributed by atoms with Crippen LogP contribution in [0.5, 0.6) is 0 Å². The van der Waals surface area contributed by atoms with Crippen molar-refractivity contribution in [2.75, 3.05) is 26.2 Å². The van der Waals surface area contributed by atoms with E-state index >= 15 is 0 Å². The van der Waals surface area contributed by atoms with E-state index in [0.717, 1.165) is 19.6 Å². The Morgan fingerprint density at radius 1 is 0.542 bits per heavy atom. The first-order chi connectivity index (χ1) is 11.8. The van der Waals surface area contributed by atoms with Gasteiger partial charge in [0.2, 0.25) is 0 Å². The van der Waals surface area contributed by atoms with Crippen molar-refractivity contribution in [3.63, 3.8) is 0 Å². The van der Waals surface area contributed by atoms with Crippen molar-refractivity contribution >= 4 is 0 Å². The van der Waals surface area contributed by atoms with Crippen LogP contribution in [0.1, 0.15) is 110 Å². The highest BCUT2D eigenvalue weighted by atomic mass is 16.3. The highest BCUT2D eigenvalue weighted by molar-refractivity contribution is 4.61. The van der Waals surface area contributed by atoms with Crippen LogP contribution in [0.15, 0.2) is 5.18 Å². The van der Waals surface area contributed by atoms with E-state index in [-0.39, 0.29) is 0 Å². The quantitative estimate of drug-likeness (QED) is 0.177. The van der Waals surface area contributed by atoms with E-state index in [1.165, 1.54) is 96.3 Å². The van der Waals surface area contributed by atoms with Gasteiger partial charge in [0.15, 0.2) is 0 Å². The summed E-state index contributed by atoms with van der Waals surface area (Å²) in [5.41, 5.74) is 0. The third-order valence-corrected chi connectivity index (χ3v) is 4.91. The van der Waals surface area contributed by atoms with Crippen molar-refractivity contribution in [3.05, 3.63) is 4.91 Å². The number of hydrogen-bond donors (Lipinski definition) is 0. The van der Waals surface area contributed by atoms with Crippen LogP contribution in [-0.4, -0.2) is 31.1 Å². The van der Waals surface area contributed by atoms with Crippen LogP contribution in [0.3, 0.4) is 0 Å². The highest BCUT2D eigenvalue weighted by Gasteiger charge is 2.04. The molecule has 0 saturated heterocycles. The summed E-state index contributed by atoms with van der Waals surface area (Å²) in [5.74, 6) is 0. The van der Waals surface area contributed by atoms with Crippen LogP contribution in [-0.2, 0) is 0 Å². The normalized spacial score (nSPS) is 11.3. The largest absolute Gasteiger partial charge is 0.301 e. The molecule has 3 heteroatoms. The first-order valence-corrected chi connectivity index (χ1v) is 10.9. The molecule has 0 amide bonds. The molecule has 0 heterocycles. The summed E-state index contributed by atoms with van der Waals surface area (Å²) in [6.07, 6.45) is 20.4. The van der Waals surface area contributed by atoms with Gasteiger partial charge in [0.05, 0.1) is 6.54 Å². The van der Waals surface area contributed by atoms with Crippen LogP contribution in [0, 0.1) is 4.91 Å². The van der Waals surface area contributed by atoms with Gasteiger partial charge in [0.25, 0.3) is 0 Å². The zero-order valence-corrected chi connectivity index (χ0v) is 16.7. The Labute approximate surface area is 151 Å². The Hall–Kier alpha value is -0.440. The number of unbranched alkanes of at least 4 members (excludes halogenated alkanes) is 13. The predicted octanol–water partition coefficient (Wildman–Crippen LogP) is 6.95. The van der Waals surface area contributed by atoms with E-state index < -0.39 is 0 Å². The van der Waals surface area contributed by atoms with Crippen LogP contribution < -0.4 is 0 Å². The third-order valence-electron chi connectivity index (χ3n) is 4.91. The molecule has 0 aliphatic carbocycles. The maximum Gasteiger partial charge on any atom is 0.0938 e. The molecular formula is C21H44N2O. The first-order valence-electron chi connectivity index (χ1n) is 10.9. The van der Waals surface area contributed by atoms with E-state index in [9.17, 15) is 4.91 Å². The van der Waals surface area contributed by atoms with E-state index in [1.54, 1.807) is 0 Å². The smallest absolute Gasteiger partial charge is 0.0938 e. The van der Waals surface area contributed by atoms with Gasteiger partial charge in [-0.1, -0.05) is 102 Å². The van der Waals surface area contributed by atoms with E-state index in [0.29, 0.717) is 6.54 Å². The first kappa shape index (κ1) is 23.6. The average Bonchev–Trinajstić information content (AvgIpc) is 2.60. The second kappa shape index (κ2) is 20.6. The minimum absolute atomic E-state index is 0.452. The van der Waals surface area contributed by atoms with Crippen molar-refractivity contribution in [2.24, 2.45) is 5.18 Å². The van der Waals surface area contributed by atoms with Gasteiger partial charge in [0, 0.05) is 6.54 Å². The second-order valence-corrected chi connectivity index (χ2v) is 7.29. The van der Waals surface area contributed by atoms with Crippen molar-refractivity contribution in [1.82, 2.24) is 4.90 Å². The molecule has 0 spiro atoms. The maximum absolute atomic E-state index is 10.4. The van der Waals surface area contributed by atoms with Crippen LogP contribution in [0.2, 0.25) is 0 Å². The summed E-state index contributed by atoms with van der Waals surface area (Å²) in [6, 6.07) is 0. The van der Waals surface area contributed by atoms with Crippen molar-refractivity contribution in [2.45, 2.75) is 110 Å². The van der Waals surface area contributed by atoms with Crippen molar-refractivity contribution in [3.8, 4) is 0 Å².